The molecule has 180 valence electrons. The van der Waals surface area contributed by atoms with Crippen LogP contribution < -0.4 is 13.8 Å². The molecule has 0 aliphatic carbocycles. The molecule has 8 nitrogen and oxygen atoms in total. The minimum absolute atomic E-state index is 0.0634. The van der Waals surface area contributed by atoms with Crippen LogP contribution in [0.4, 0.5) is 15.9 Å². The fourth-order valence-electron chi connectivity index (χ4n) is 3.64. The Hall–Kier alpha value is -4.57. The second kappa shape index (κ2) is 9.59. The van der Waals surface area contributed by atoms with E-state index in [0.717, 1.165) is 15.1 Å². The van der Waals surface area contributed by atoms with Crippen molar-refractivity contribution >= 4 is 32.3 Å². The van der Waals surface area contributed by atoms with Gasteiger partial charge in [-0.3, -0.25) is 4.98 Å². The Morgan fingerprint density at radius 2 is 1.61 bits per heavy atom. The molecule has 2 heterocycles. The van der Waals surface area contributed by atoms with Gasteiger partial charge in [0, 0.05) is 36.1 Å². The quantitative estimate of drug-likeness (QED) is 0.290. The minimum atomic E-state index is -4.15. The fraction of sp³-hybridized carbons (Fsp3) is 0.0385. The van der Waals surface area contributed by atoms with Crippen molar-refractivity contribution in [3.05, 3.63) is 104 Å². The summed E-state index contributed by atoms with van der Waals surface area (Å²) in [5.74, 6) is 0.760. The molecule has 10 heteroatoms. The first kappa shape index (κ1) is 23.2. The molecule has 0 bridgehead atoms. The van der Waals surface area contributed by atoms with Crippen LogP contribution >= 0.6 is 0 Å². The van der Waals surface area contributed by atoms with Gasteiger partial charge in [0.1, 0.15) is 35.1 Å². The Morgan fingerprint density at radius 1 is 0.833 bits per heavy atom. The standard InChI is InChI=1S/C26H19FN4O4S/c1-34-25-15-22(35-21-5-3-20(27)4-6-21)7-9-24(25)31(26-11-13-29-17-30-26)36(32,33)23-8-2-19-16-28-12-10-18(19)14-23/h2-17H,1H3. The van der Waals surface area contributed by atoms with Gasteiger partial charge in [-0.25, -0.2) is 27.1 Å². The molecule has 0 N–H and O–H groups in total. The largest absolute Gasteiger partial charge is 0.494 e. The van der Waals surface area contributed by atoms with E-state index in [0.29, 0.717) is 11.5 Å². The molecular formula is C26H19FN4O4S. The highest BCUT2D eigenvalue weighted by Crippen LogP contribution is 2.40. The van der Waals surface area contributed by atoms with Crippen LogP contribution in [0.3, 0.4) is 0 Å². The lowest BCUT2D eigenvalue weighted by Gasteiger charge is -2.25. The molecule has 0 saturated carbocycles. The fourth-order valence-corrected chi connectivity index (χ4v) is 5.13. The second-order valence-corrected chi connectivity index (χ2v) is 9.40. The first-order valence-corrected chi connectivity index (χ1v) is 12.2. The van der Waals surface area contributed by atoms with Gasteiger partial charge >= 0.3 is 0 Å². The predicted octanol–water partition coefficient (Wildman–Crippen LogP) is 5.49. The molecule has 0 amide bonds. The smallest absolute Gasteiger partial charge is 0.270 e. The van der Waals surface area contributed by atoms with E-state index in [1.165, 1.54) is 56.0 Å². The van der Waals surface area contributed by atoms with Crippen molar-refractivity contribution < 1.29 is 22.3 Å². The predicted molar refractivity (Wildman–Crippen MR) is 133 cm³/mol. The number of methoxy groups -OCH3 is 1. The first-order valence-electron chi connectivity index (χ1n) is 10.7. The van der Waals surface area contributed by atoms with Gasteiger partial charge in [-0.15, -0.1) is 0 Å². The molecular weight excluding hydrogens is 483 g/mol. The monoisotopic (exact) mass is 502 g/mol. The molecule has 0 saturated heterocycles. The van der Waals surface area contributed by atoms with Crippen LogP contribution in [0.1, 0.15) is 0 Å². The van der Waals surface area contributed by atoms with Crippen molar-refractivity contribution in [2.75, 3.05) is 11.4 Å². The Balaban J connectivity index is 1.61. The zero-order chi connectivity index (χ0) is 25.1. The lowest BCUT2D eigenvalue weighted by atomic mass is 10.2. The lowest BCUT2D eigenvalue weighted by Crippen LogP contribution is -2.27. The highest BCUT2D eigenvalue weighted by molar-refractivity contribution is 7.93. The van der Waals surface area contributed by atoms with Crippen LogP contribution in [0.2, 0.25) is 0 Å². The third-order valence-electron chi connectivity index (χ3n) is 5.34. The van der Waals surface area contributed by atoms with Crippen molar-refractivity contribution in [1.82, 2.24) is 15.0 Å². The van der Waals surface area contributed by atoms with Crippen LogP contribution in [0.25, 0.3) is 10.8 Å². The molecule has 0 fully saturated rings. The van der Waals surface area contributed by atoms with E-state index in [4.69, 9.17) is 9.47 Å². The van der Waals surface area contributed by atoms with E-state index in [9.17, 15) is 12.8 Å². The summed E-state index contributed by atoms with van der Waals surface area (Å²) in [6.07, 6.45) is 5.98. The average Bonchev–Trinajstić information content (AvgIpc) is 2.91. The number of sulfonamides is 1. The highest BCUT2D eigenvalue weighted by atomic mass is 32.2. The van der Waals surface area contributed by atoms with E-state index >= 15 is 0 Å². The Labute approximate surface area is 206 Å². The third-order valence-corrected chi connectivity index (χ3v) is 7.06. The Morgan fingerprint density at radius 3 is 2.36 bits per heavy atom. The van der Waals surface area contributed by atoms with Crippen molar-refractivity contribution in [1.29, 1.82) is 0 Å². The second-order valence-electron chi connectivity index (χ2n) is 7.61. The number of aromatic nitrogens is 3. The number of anilines is 2. The summed E-state index contributed by atoms with van der Waals surface area (Å²) < 4.78 is 53.6. The number of hydrogen-bond donors (Lipinski definition) is 0. The van der Waals surface area contributed by atoms with Gasteiger partial charge in [0.15, 0.2) is 5.82 Å². The summed E-state index contributed by atoms with van der Waals surface area (Å²) >= 11 is 0. The van der Waals surface area contributed by atoms with E-state index < -0.39 is 10.0 Å². The zero-order valence-corrected chi connectivity index (χ0v) is 19.8. The topological polar surface area (TPSA) is 94.5 Å². The average molecular weight is 503 g/mol. The van der Waals surface area contributed by atoms with Crippen LogP contribution in [0.15, 0.2) is 103 Å². The summed E-state index contributed by atoms with van der Waals surface area (Å²) in [6, 6.07) is 18.3. The van der Waals surface area contributed by atoms with Gasteiger partial charge in [0.05, 0.1) is 12.0 Å². The SMILES string of the molecule is COc1cc(Oc2ccc(F)cc2)ccc1N(c1ccncn1)S(=O)(=O)c1ccc2cnccc2c1. The van der Waals surface area contributed by atoms with Crippen molar-refractivity contribution in [2.45, 2.75) is 4.90 Å². The van der Waals surface area contributed by atoms with Crippen LogP contribution in [-0.2, 0) is 10.0 Å². The van der Waals surface area contributed by atoms with Gasteiger partial charge < -0.3 is 9.47 Å². The summed E-state index contributed by atoms with van der Waals surface area (Å²) in [7, 11) is -2.72. The normalized spacial score (nSPS) is 11.3. The number of benzene rings is 3. The molecule has 0 aliphatic rings. The van der Waals surface area contributed by atoms with Gasteiger partial charge in [0.2, 0.25) is 0 Å². The molecule has 0 spiro atoms. The highest BCUT2D eigenvalue weighted by Gasteiger charge is 2.30. The number of halogens is 1. The summed E-state index contributed by atoms with van der Waals surface area (Å²) in [4.78, 5) is 12.2. The van der Waals surface area contributed by atoms with E-state index in [2.05, 4.69) is 15.0 Å². The molecule has 5 aromatic rings. The van der Waals surface area contributed by atoms with Gasteiger partial charge in [-0.05, 0) is 60.0 Å². The molecule has 5 rings (SSSR count). The summed E-state index contributed by atoms with van der Waals surface area (Å²) in [5, 5.41) is 1.54. The van der Waals surface area contributed by atoms with E-state index in [1.807, 2.05) is 0 Å². The number of rotatable bonds is 7. The van der Waals surface area contributed by atoms with Crippen LogP contribution in [0.5, 0.6) is 17.2 Å². The number of ether oxygens (including phenoxy) is 2. The van der Waals surface area contributed by atoms with Crippen molar-refractivity contribution in [2.24, 2.45) is 0 Å². The molecule has 0 aliphatic heterocycles. The maximum atomic E-state index is 14.0. The third kappa shape index (κ3) is 4.53. The molecule has 3 aromatic carbocycles. The van der Waals surface area contributed by atoms with Crippen molar-refractivity contribution in [3.8, 4) is 17.2 Å². The number of pyridine rings is 1. The van der Waals surface area contributed by atoms with Crippen LogP contribution in [0, 0.1) is 5.82 Å². The first-order chi connectivity index (χ1) is 17.5. The molecule has 0 radical (unpaired) electrons. The number of hydrogen-bond acceptors (Lipinski definition) is 7. The number of nitrogens with zero attached hydrogens (tertiary/aromatic N) is 4. The lowest BCUT2D eigenvalue weighted by molar-refractivity contribution is 0.410. The van der Waals surface area contributed by atoms with E-state index in [-0.39, 0.29) is 28.0 Å². The van der Waals surface area contributed by atoms with Gasteiger partial charge in [-0.1, -0.05) is 6.07 Å². The maximum Gasteiger partial charge on any atom is 0.270 e. The molecule has 0 unspecified atom stereocenters. The van der Waals surface area contributed by atoms with E-state index in [1.54, 1.807) is 48.8 Å². The maximum absolute atomic E-state index is 14.0. The summed E-state index contributed by atoms with van der Waals surface area (Å²) in [5.41, 5.74) is 0.220. The molecule has 0 atom stereocenters. The van der Waals surface area contributed by atoms with Crippen molar-refractivity contribution in [3.63, 3.8) is 0 Å². The number of fused-ring (bicyclic) bond motifs is 1. The van der Waals surface area contributed by atoms with Gasteiger partial charge in [0.25, 0.3) is 10.0 Å². The minimum Gasteiger partial charge on any atom is -0.494 e. The molecule has 2 aromatic heterocycles. The van der Waals surface area contributed by atoms with Gasteiger partial charge in [-0.2, -0.15) is 0 Å². The summed E-state index contributed by atoms with van der Waals surface area (Å²) in [6.45, 7) is 0. The van der Waals surface area contributed by atoms with Crippen LogP contribution in [-0.4, -0.2) is 30.5 Å². The Kier molecular flexibility index (Phi) is 6.17. The zero-order valence-electron chi connectivity index (χ0n) is 18.9. The Bertz CT molecular complexity index is 1630. The molecule has 36 heavy (non-hydrogen) atoms.